The highest BCUT2D eigenvalue weighted by Crippen LogP contribution is 2.35. The first kappa shape index (κ1) is 17.2. The van der Waals surface area contributed by atoms with Gasteiger partial charge in [-0.15, -0.1) is 0 Å². The summed E-state index contributed by atoms with van der Waals surface area (Å²) < 4.78 is 31.5. The fourth-order valence-electron chi connectivity index (χ4n) is 2.89. The normalized spacial score (nSPS) is 11.6. The number of fused-ring (bicyclic) bond motifs is 1. The average molecular weight is 357 g/mol. The molecule has 5 nitrogen and oxygen atoms in total. The van der Waals surface area contributed by atoms with Crippen molar-refractivity contribution in [1.82, 2.24) is 4.57 Å². The zero-order valence-electron chi connectivity index (χ0n) is 14.3. The summed E-state index contributed by atoms with van der Waals surface area (Å²) in [7, 11) is -0.133. The maximum Gasteiger partial charge on any atom is 0.258 e. The van der Waals surface area contributed by atoms with E-state index in [1.54, 1.807) is 44.4 Å². The van der Waals surface area contributed by atoms with Gasteiger partial charge < -0.3 is 9.30 Å². The lowest BCUT2D eigenvalue weighted by Gasteiger charge is -2.14. The van der Waals surface area contributed by atoms with E-state index in [-0.39, 0.29) is 16.2 Å². The van der Waals surface area contributed by atoms with Crippen LogP contribution in [0.1, 0.15) is 6.92 Å². The van der Waals surface area contributed by atoms with Gasteiger partial charge in [-0.05, 0) is 29.7 Å². The number of aryl methyl sites for hydroxylation is 1. The van der Waals surface area contributed by atoms with Crippen LogP contribution in [0.2, 0.25) is 0 Å². The summed E-state index contributed by atoms with van der Waals surface area (Å²) >= 11 is 0. The fraction of sp³-hybridized carbons (Fsp3) is 0.211. The molecule has 1 heterocycles. The van der Waals surface area contributed by atoms with Crippen molar-refractivity contribution in [2.45, 2.75) is 11.8 Å². The third-order valence-corrected chi connectivity index (χ3v) is 6.02. The second-order valence-corrected chi connectivity index (χ2v) is 8.05. The number of methoxy groups -OCH3 is 1. The molecular weight excluding hydrogens is 338 g/mol. The number of rotatable bonds is 4. The number of ether oxygens (including phenoxy) is 1. The smallest absolute Gasteiger partial charge is 0.258 e. The Morgan fingerprint density at radius 3 is 2.36 bits per heavy atom. The summed E-state index contributed by atoms with van der Waals surface area (Å²) in [5, 5.41) is 1.34. The summed E-state index contributed by atoms with van der Waals surface area (Å²) in [4.78, 5) is 12.6. The highest BCUT2D eigenvalue weighted by molar-refractivity contribution is 7.91. The van der Waals surface area contributed by atoms with Crippen molar-refractivity contribution >= 4 is 20.6 Å². The summed E-state index contributed by atoms with van der Waals surface area (Å²) in [5.74, 6) is 0.575. The fourth-order valence-corrected chi connectivity index (χ4v) is 3.79. The molecule has 2 aromatic carbocycles. The van der Waals surface area contributed by atoms with Crippen LogP contribution in [-0.4, -0.2) is 25.8 Å². The Morgan fingerprint density at radius 2 is 1.72 bits per heavy atom. The molecule has 3 rings (SSSR count). The first-order valence-electron chi connectivity index (χ1n) is 7.88. The molecule has 0 saturated carbocycles. The summed E-state index contributed by atoms with van der Waals surface area (Å²) in [6, 6.07) is 12.1. The summed E-state index contributed by atoms with van der Waals surface area (Å²) in [6.07, 6.45) is 1.71. The van der Waals surface area contributed by atoms with E-state index in [0.29, 0.717) is 16.7 Å². The van der Waals surface area contributed by atoms with E-state index in [1.807, 2.05) is 18.2 Å². The van der Waals surface area contributed by atoms with Gasteiger partial charge in [0.1, 0.15) is 5.75 Å². The van der Waals surface area contributed by atoms with Gasteiger partial charge in [0, 0.05) is 29.8 Å². The highest BCUT2D eigenvalue weighted by atomic mass is 32.2. The molecule has 130 valence electrons. The van der Waals surface area contributed by atoms with Gasteiger partial charge in [0.05, 0.1) is 17.8 Å². The second-order valence-electron chi connectivity index (χ2n) is 5.77. The van der Waals surface area contributed by atoms with Crippen LogP contribution in [-0.2, 0) is 16.9 Å². The molecule has 0 N–H and O–H groups in total. The van der Waals surface area contributed by atoms with Crippen LogP contribution in [0, 0.1) is 0 Å². The Kier molecular flexibility index (Phi) is 4.39. The van der Waals surface area contributed by atoms with Gasteiger partial charge in [-0.1, -0.05) is 25.1 Å². The Labute approximate surface area is 146 Å². The molecule has 0 aliphatic carbocycles. The van der Waals surface area contributed by atoms with Gasteiger partial charge in [-0.2, -0.15) is 0 Å². The SMILES string of the molecule is CCS(=O)(=O)c1ccc(OC)c(-c2cn(C)c(=O)c3ccccc23)c1. The number of aromatic nitrogens is 1. The van der Waals surface area contributed by atoms with Crippen molar-refractivity contribution in [3.63, 3.8) is 0 Å². The van der Waals surface area contributed by atoms with Crippen molar-refractivity contribution in [1.29, 1.82) is 0 Å². The standard InChI is InChI=1S/C19H19NO4S/c1-4-25(22,23)13-9-10-18(24-3)16(11-13)17-12-20(2)19(21)15-8-6-5-7-14(15)17/h5-12H,4H2,1-3H3. The molecule has 0 saturated heterocycles. The summed E-state index contributed by atoms with van der Waals surface area (Å²) in [5.41, 5.74) is 1.29. The average Bonchev–Trinajstić information content (AvgIpc) is 2.64. The molecule has 0 fully saturated rings. The summed E-state index contributed by atoms with van der Waals surface area (Å²) in [6.45, 7) is 1.61. The van der Waals surface area contributed by atoms with Crippen LogP contribution in [0.25, 0.3) is 21.9 Å². The van der Waals surface area contributed by atoms with Crippen LogP contribution >= 0.6 is 0 Å². The molecule has 0 amide bonds. The van der Waals surface area contributed by atoms with E-state index in [0.717, 1.165) is 10.9 Å². The van der Waals surface area contributed by atoms with Gasteiger partial charge in [0.25, 0.3) is 5.56 Å². The van der Waals surface area contributed by atoms with Gasteiger partial charge in [0.2, 0.25) is 0 Å². The Balaban J connectivity index is 2.41. The second kappa shape index (κ2) is 6.37. The van der Waals surface area contributed by atoms with E-state index < -0.39 is 9.84 Å². The molecular formula is C19H19NO4S. The molecule has 3 aromatic rings. The number of sulfone groups is 1. The molecule has 25 heavy (non-hydrogen) atoms. The lowest BCUT2D eigenvalue weighted by molar-refractivity contribution is 0.416. The van der Waals surface area contributed by atoms with Crippen molar-refractivity contribution in [3.05, 3.63) is 59.0 Å². The highest BCUT2D eigenvalue weighted by Gasteiger charge is 2.18. The maximum atomic E-state index is 12.4. The minimum absolute atomic E-state index is 0.0206. The zero-order valence-corrected chi connectivity index (χ0v) is 15.1. The third-order valence-electron chi connectivity index (χ3n) is 4.29. The maximum absolute atomic E-state index is 12.4. The largest absolute Gasteiger partial charge is 0.496 e. The number of nitrogens with zero attached hydrogens (tertiary/aromatic N) is 1. The van der Waals surface area contributed by atoms with Gasteiger partial charge in [-0.25, -0.2) is 8.42 Å². The van der Waals surface area contributed by atoms with Crippen LogP contribution in [0.5, 0.6) is 5.75 Å². The minimum Gasteiger partial charge on any atom is -0.496 e. The Morgan fingerprint density at radius 1 is 1.04 bits per heavy atom. The first-order chi connectivity index (χ1) is 11.9. The van der Waals surface area contributed by atoms with E-state index in [1.165, 1.54) is 11.7 Å². The van der Waals surface area contributed by atoms with Gasteiger partial charge in [-0.3, -0.25) is 4.79 Å². The topological polar surface area (TPSA) is 65.4 Å². The van der Waals surface area contributed by atoms with Crippen molar-refractivity contribution in [2.75, 3.05) is 12.9 Å². The monoisotopic (exact) mass is 357 g/mol. The number of hydrogen-bond donors (Lipinski definition) is 0. The van der Waals surface area contributed by atoms with Crippen LogP contribution in [0.15, 0.2) is 58.4 Å². The third kappa shape index (κ3) is 2.93. The molecule has 0 unspecified atom stereocenters. The molecule has 6 heteroatoms. The molecule has 0 atom stereocenters. The van der Waals surface area contributed by atoms with Crippen LogP contribution < -0.4 is 10.3 Å². The number of hydrogen-bond acceptors (Lipinski definition) is 4. The van der Waals surface area contributed by atoms with Gasteiger partial charge >= 0.3 is 0 Å². The molecule has 0 aliphatic rings. The molecule has 0 aliphatic heterocycles. The Bertz CT molecular complexity index is 1110. The minimum atomic E-state index is -3.35. The Hall–Kier alpha value is -2.60. The predicted molar refractivity (Wildman–Crippen MR) is 98.9 cm³/mol. The van der Waals surface area contributed by atoms with Crippen molar-refractivity contribution in [2.24, 2.45) is 7.05 Å². The van der Waals surface area contributed by atoms with Crippen molar-refractivity contribution < 1.29 is 13.2 Å². The molecule has 1 aromatic heterocycles. The van der Waals surface area contributed by atoms with E-state index in [4.69, 9.17) is 4.74 Å². The molecule has 0 radical (unpaired) electrons. The van der Waals surface area contributed by atoms with E-state index in [2.05, 4.69) is 0 Å². The lowest BCUT2D eigenvalue weighted by atomic mass is 10.00. The predicted octanol–water partition coefficient (Wildman–Crippen LogP) is 3.01. The quantitative estimate of drug-likeness (QED) is 0.720. The van der Waals surface area contributed by atoms with Crippen LogP contribution in [0.4, 0.5) is 0 Å². The van der Waals surface area contributed by atoms with E-state index in [9.17, 15) is 13.2 Å². The van der Waals surface area contributed by atoms with Gasteiger partial charge in [0.15, 0.2) is 9.84 Å². The molecule has 0 bridgehead atoms. The number of pyridine rings is 1. The number of benzene rings is 2. The lowest BCUT2D eigenvalue weighted by Crippen LogP contribution is -2.16. The van der Waals surface area contributed by atoms with E-state index >= 15 is 0 Å². The molecule has 0 spiro atoms. The van der Waals surface area contributed by atoms with Crippen molar-refractivity contribution in [3.8, 4) is 16.9 Å². The van der Waals surface area contributed by atoms with Crippen LogP contribution in [0.3, 0.4) is 0 Å². The zero-order chi connectivity index (χ0) is 18.2. The first-order valence-corrected chi connectivity index (χ1v) is 9.54.